The lowest BCUT2D eigenvalue weighted by molar-refractivity contribution is 0.103. The first kappa shape index (κ1) is 16.5. The number of halogens is 1. The lowest BCUT2D eigenvalue weighted by Crippen LogP contribution is -2.12. The van der Waals surface area contributed by atoms with Crippen LogP contribution in [0.4, 0.5) is 5.69 Å². The summed E-state index contributed by atoms with van der Waals surface area (Å²) < 4.78 is 24.8. The Morgan fingerprint density at radius 3 is 2.55 bits per heavy atom. The van der Waals surface area contributed by atoms with E-state index < -0.39 is 15.6 Å². The van der Waals surface area contributed by atoms with Crippen molar-refractivity contribution in [2.45, 2.75) is 5.75 Å². The highest BCUT2D eigenvalue weighted by molar-refractivity contribution is 9.10. The Morgan fingerprint density at radius 1 is 1.41 bits per heavy atom. The van der Waals surface area contributed by atoms with Gasteiger partial charge in [0.25, 0.3) is 0 Å². The molecule has 0 bridgehead atoms. The number of aromatic nitrogens is 2. The normalized spacial score (nSPS) is 11.6. The van der Waals surface area contributed by atoms with E-state index in [4.69, 9.17) is 5.73 Å². The molecule has 0 amide bonds. The van der Waals surface area contributed by atoms with Crippen molar-refractivity contribution in [2.24, 2.45) is 7.05 Å². The summed E-state index contributed by atoms with van der Waals surface area (Å²) in [6, 6.07) is 3.03. The SMILES string of the molecule is Cn1ncc(C(=O)c2ccc(Br)c(N)c2CS(C)(=O)=O)c1O. The number of nitrogens with zero attached hydrogens (tertiary/aromatic N) is 2. The summed E-state index contributed by atoms with van der Waals surface area (Å²) in [5, 5.41) is 13.6. The zero-order valence-electron chi connectivity index (χ0n) is 11.9. The maximum atomic E-state index is 12.6. The van der Waals surface area contributed by atoms with Gasteiger partial charge < -0.3 is 10.8 Å². The number of nitrogens with two attached hydrogens (primary N) is 1. The molecular formula is C13H14BrN3O4S. The molecule has 7 nitrogen and oxygen atoms in total. The van der Waals surface area contributed by atoms with Gasteiger partial charge in [-0.25, -0.2) is 13.1 Å². The summed E-state index contributed by atoms with van der Waals surface area (Å²) in [6.07, 6.45) is 2.28. The van der Waals surface area contributed by atoms with Gasteiger partial charge in [-0.15, -0.1) is 0 Å². The van der Waals surface area contributed by atoms with Crippen molar-refractivity contribution in [3.05, 3.63) is 39.5 Å². The van der Waals surface area contributed by atoms with E-state index in [-0.39, 0.29) is 34.0 Å². The van der Waals surface area contributed by atoms with Crippen LogP contribution in [0.15, 0.2) is 22.8 Å². The summed E-state index contributed by atoms with van der Waals surface area (Å²) in [6.45, 7) is 0. The fourth-order valence-corrected chi connectivity index (χ4v) is 3.21. The highest BCUT2D eigenvalue weighted by Gasteiger charge is 2.23. The number of nitrogen functional groups attached to an aromatic ring is 1. The van der Waals surface area contributed by atoms with E-state index in [1.165, 1.54) is 19.3 Å². The Hall–Kier alpha value is -1.87. The molecule has 0 aliphatic carbocycles. The number of hydrogen-bond acceptors (Lipinski definition) is 6. The number of hydrogen-bond donors (Lipinski definition) is 2. The number of anilines is 1. The molecule has 0 saturated carbocycles. The number of benzene rings is 1. The van der Waals surface area contributed by atoms with Crippen molar-refractivity contribution in [1.29, 1.82) is 0 Å². The third kappa shape index (κ3) is 3.14. The van der Waals surface area contributed by atoms with Gasteiger partial charge in [0.1, 0.15) is 5.56 Å². The molecule has 1 heterocycles. The Morgan fingerprint density at radius 2 is 2.05 bits per heavy atom. The summed E-state index contributed by atoms with van der Waals surface area (Å²) >= 11 is 3.21. The second-order valence-electron chi connectivity index (χ2n) is 4.89. The van der Waals surface area contributed by atoms with E-state index in [9.17, 15) is 18.3 Å². The first-order chi connectivity index (χ1) is 10.1. The number of aryl methyl sites for hydroxylation is 1. The van der Waals surface area contributed by atoms with Crippen LogP contribution in [-0.2, 0) is 22.6 Å². The second kappa shape index (κ2) is 5.73. The van der Waals surface area contributed by atoms with E-state index in [1.807, 2.05) is 0 Å². The number of ketones is 1. The molecule has 0 unspecified atom stereocenters. The molecule has 0 saturated heterocycles. The van der Waals surface area contributed by atoms with Gasteiger partial charge in [0.15, 0.2) is 15.6 Å². The fourth-order valence-electron chi connectivity index (χ4n) is 2.00. The Bertz CT molecular complexity index is 858. The van der Waals surface area contributed by atoms with Crippen molar-refractivity contribution >= 4 is 37.2 Å². The Balaban J connectivity index is 2.62. The van der Waals surface area contributed by atoms with Crippen molar-refractivity contribution < 1.29 is 18.3 Å². The highest BCUT2D eigenvalue weighted by Crippen LogP contribution is 2.30. The third-order valence-corrected chi connectivity index (χ3v) is 4.61. The minimum absolute atomic E-state index is 0.0148. The predicted molar refractivity (Wildman–Crippen MR) is 85.4 cm³/mol. The van der Waals surface area contributed by atoms with Gasteiger partial charge in [-0.1, -0.05) is 0 Å². The summed E-state index contributed by atoms with van der Waals surface area (Å²) in [4.78, 5) is 12.6. The van der Waals surface area contributed by atoms with Crippen LogP contribution >= 0.6 is 15.9 Å². The zero-order chi connectivity index (χ0) is 16.7. The summed E-state index contributed by atoms with van der Waals surface area (Å²) in [5.74, 6) is -1.21. The molecule has 2 aromatic rings. The van der Waals surface area contributed by atoms with E-state index in [0.717, 1.165) is 10.9 Å². The van der Waals surface area contributed by atoms with Gasteiger partial charge in [-0.2, -0.15) is 5.10 Å². The molecule has 118 valence electrons. The molecule has 0 spiro atoms. The first-order valence-corrected chi connectivity index (χ1v) is 8.97. The minimum atomic E-state index is -3.40. The molecular weight excluding hydrogens is 374 g/mol. The molecule has 3 N–H and O–H groups in total. The van der Waals surface area contributed by atoms with Gasteiger partial charge in [0.05, 0.1) is 17.6 Å². The first-order valence-electron chi connectivity index (χ1n) is 6.12. The third-order valence-electron chi connectivity index (χ3n) is 3.11. The molecule has 0 aliphatic heterocycles. The quantitative estimate of drug-likeness (QED) is 0.602. The summed E-state index contributed by atoms with van der Waals surface area (Å²) in [5.41, 5.74) is 6.39. The molecule has 22 heavy (non-hydrogen) atoms. The van der Waals surface area contributed by atoms with E-state index >= 15 is 0 Å². The maximum Gasteiger partial charge on any atom is 0.220 e. The maximum absolute atomic E-state index is 12.6. The molecule has 0 radical (unpaired) electrons. The van der Waals surface area contributed by atoms with E-state index in [2.05, 4.69) is 21.0 Å². The van der Waals surface area contributed by atoms with Crippen molar-refractivity contribution in [2.75, 3.05) is 12.0 Å². The topological polar surface area (TPSA) is 115 Å². The van der Waals surface area contributed by atoms with Crippen LogP contribution in [0, 0.1) is 0 Å². The number of carbonyl (C=O) groups is 1. The van der Waals surface area contributed by atoms with Crippen molar-refractivity contribution in [3.8, 4) is 5.88 Å². The van der Waals surface area contributed by atoms with Crippen molar-refractivity contribution in [3.63, 3.8) is 0 Å². The Labute approximate surface area is 135 Å². The van der Waals surface area contributed by atoms with Crippen LogP contribution in [0.2, 0.25) is 0 Å². The molecule has 1 aromatic heterocycles. The lowest BCUT2D eigenvalue weighted by Gasteiger charge is -2.12. The molecule has 1 aromatic carbocycles. The fraction of sp³-hybridized carbons (Fsp3) is 0.231. The average molecular weight is 388 g/mol. The van der Waals surface area contributed by atoms with Crippen LogP contribution in [0.25, 0.3) is 0 Å². The molecule has 0 aliphatic rings. The Kier molecular flexibility index (Phi) is 4.30. The van der Waals surface area contributed by atoms with Gasteiger partial charge in [0.2, 0.25) is 5.88 Å². The van der Waals surface area contributed by atoms with Crippen LogP contribution in [0.1, 0.15) is 21.5 Å². The lowest BCUT2D eigenvalue weighted by atomic mass is 9.99. The number of carbonyl (C=O) groups excluding carboxylic acids is 1. The van der Waals surface area contributed by atoms with Gasteiger partial charge in [-0.3, -0.25) is 4.79 Å². The van der Waals surface area contributed by atoms with Crippen LogP contribution < -0.4 is 5.73 Å². The van der Waals surface area contributed by atoms with Crippen LogP contribution in [0.5, 0.6) is 5.88 Å². The summed E-state index contributed by atoms with van der Waals surface area (Å²) in [7, 11) is -1.91. The average Bonchev–Trinajstić information content (AvgIpc) is 2.74. The molecule has 9 heteroatoms. The second-order valence-corrected chi connectivity index (χ2v) is 7.89. The molecule has 2 rings (SSSR count). The number of rotatable bonds is 4. The molecule has 0 fully saturated rings. The van der Waals surface area contributed by atoms with E-state index in [0.29, 0.717) is 4.47 Å². The van der Waals surface area contributed by atoms with Gasteiger partial charge >= 0.3 is 0 Å². The standard InChI is InChI=1S/C13H14BrN3O4S/c1-17-13(19)8(5-16-17)12(18)7-3-4-10(14)11(15)9(7)6-22(2,20)21/h3-5,19H,6,15H2,1-2H3. The van der Waals surface area contributed by atoms with Crippen molar-refractivity contribution in [1.82, 2.24) is 9.78 Å². The predicted octanol–water partition coefficient (Wildman–Crippen LogP) is 1.25. The monoisotopic (exact) mass is 387 g/mol. The van der Waals surface area contributed by atoms with E-state index in [1.54, 1.807) is 6.07 Å². The minimum Gasteiger partial charge on any atom is -0.493 e. The van der Waals surface area contributed by atoms with Crippen LogP contribution in [0.3, 0.4) is 0 Å². The number of sulfone groups is 1. The largest absolute Gasteiger partial charge is 0.493 e. The van der Waals surface area contributed by atoms with Crippen LogP contribution in [-0.4, -0.2) is 35.3 Å². The highest BCUT2D eigenvalue weighted by atomic mass is 79.9. The van der Waals surface area contributed by atoms with Gasteiger partial charge in [0, 0.05) is 28.9 Å². The zero-order valence-corrected chi connectivity index (χ0v) is 14.3. The van der Waals surface area contributed by atoms with Gasteiger partial charge in [-0.05, 0) is 28.1 Å². The smallest absolute Gasteiger partial charge is 0.220 e. The number of aromatic hydroxyl groups is 1. The molecule has 0 atom stereocenters.